The molecular weight excluding hydrogens is 356 g/mol. The molecule has 3 aromatic heterocycles. The summed E-state index contributed by atoms with van der Waals surface area (Å²) in [7, 11) is 1.84. The number of hydrogen-bond acceptors (Lipinski definition) is 7. The molecule has 9 heteroatoms. The fourth-order valence-electron chi connectivity index (χ4n) is 2.49. The van der Waals surface area contributed by atoms with Gasteiger partial charge >= 0.3 is 0 Å². The Hall–Kier alpha value is -3.49. The minimum atomic E-state index is -0.0637. The Morgan fingerprint density at radius 1 is 1.18 bits per heavy atom. The molecule has 0 unspecified atom stereocenters. The number of nitrogens with one attached hydrogen (secondary N) is 3. The van der Waals surface area contributed by atoms with Crippen molar-refractivity contribution in [1.29, 1.82) is 0 Å². The molecule has 28 heavy (non-hydrogen) atoms. The van der Waals surface area contributed by atoms with Crippen molar-refractivity contribution >= 4 is 23.5 Å². The van der Waals surface area contributed by atoms with Crippen LogP contribution in [0.5, 0.6) is 0 Å². The van der Waals surface area contributed by atoms with Gasteiger partial charge in [0.15, 0.2) is 0 Å². The van der Waals surface area contributed by atoms with Gasteiger partial charge in [-0.1, -0.05) is 20.3 Å². The summed E-state index contributed by atoms with van der Waals surface area (Å²) in [5, 5.41) is 7.24. The van der Waals surface area contributed by atoms with Crippen LogP contribution in [0.1, 0.15) is 26.7 Å². The Kier molecular flexibility index (Phi) is 6.15. The van der Waals surface area contributed by atoms with Crippen LogP contribution in [-0.4, -0.2) is 30.6 Å². The van der Waals surface area contributed by atoms with E-state index in [0.717, 1.165) is 23.5 Å². The van der Waals surface area contributed by atoms with E-state index in [1.54, 1.807) is 23.3 Å². The third-order valence-electron chi connectivity index (χ3n) is 4.33. The summed E-state index contributed by atoms with van der Waals surface area (Å²) in [6.45, 7) is 4.11. The van der Waals surface area contributed by atoms with Crippen molar-refractivity contribution in [2.24, 2.45) is 13.0 Å². The van der Waals surface area contributed by atoms with Crippen LogP contribution in [0.4, 0.5) is 17.6 Å². The summed E-state index contributed by atoms with van der Waals surface area (Å²) in [6, 6.07) is 7.32. The van der Waals surface area contributed by atoms with E-state index in [2.05, 4.69) is 43.1 Å². The minimum Gasteiger partial charge on any atom is -0.309 e. The number of aromatic nitrogens is 5. The maximum absolute atomic E-state index is 11.9. The zero-order valence-electron chi connectivity index (χ0n) is 16.2. The lowest BCUT2D eigenvalue weighted by Crippen LogP contribution is -2.30. The standard InChI is InChI=1S/C19H24N8O/c1-4-13(2)11-18(28)26-25-16-12-14(5-8-20-16)15-6-9-21-19(23-15)24-17-7-10-22-27(17)3/h5-10,12-13H,4,11H2,1-3H3,(H,20,25)(H,26,28)(H,21,23,24)/t13-/m0/s1. The third kappa shape index (κ3) is 5.03. The third-order valence-corrected chi connectivity index (χ3v) is 4.33. The first kappa shape index (κ1) is 19.3. The van der Waals surface area contributed by atoms with E-state index in [9.17, 15) is 4.79 Å². The van der Waals surface area contributed by atoms with E-state index in [1.165, 1.54) is 0 Å². The lowest BCUT2D eigenvalue weighted by atomic mass is 10.1. The molecule has 0 aromatic carbocycles. The molecule has 3 aromatic rings. The molecule has 0 aliphatic heterocycles. The molecule has 0 saturated heterocycles. The molecule has 0 aliphatic carbocycles. The molecule has 0 aliphatic rings. The summed E-state index contributed by atoms with van der Waals surface area (Å²) >= 11 is 0. The smallest absolute Gasteiger partial charge is 0.238 e. The average Bonchev–Trinajstić information content (AvgIpc) is 3.11. The molecule has 0 bridgehead atoms. The van der Waals surface area contributed by atoms with E-state index < -0.39 is 0 Å². The van der Waals surface area contributed by atoms with Crippen LogP contribution < -0.4 is 16.2 Å². The predicted molar refractivity (Wildman–Crippen MR) is 108 cm³/mol. The van der Waals surface area contributed by atoms with Gasteiger partial charge in [0.25, 0.3) is 0 Å². The maximum atomic E-state index is 11.9. The molecule has 0 saturated carbocycles. The second-order valence-electron chi connectivity index (χ2n) is 6.55. The highest BCUT2D eigenvalue weighted by molar-refractivity contribution is 5.77. The molecule has 3 N–H and O–H groups in total. The van der Waals surface area contributed by atoms with E-state index in [4.69, 9.17) is 0 Å². The number of amides is 1. The Morgan fingerprint density at radius 2 is 2.00 bits per heavy atom. The Labute approximate surface area is 163 Å². The first-order valence-electron chi connectivity index (χ1n) is 9.14. The van der Waals surface area contributed by atoms with Crippen LogP contribution in [0.15, 0.2) is 42.9 Å². The molecule has 3 rings (SSSR count). The van der Waals surface area contributed by atoms with Crippen LogP contribution in [-0.2, 0) is 11.8 Å². The number of hydrogen-bond donors (Lipinski definition) is 3. The lowest BCUT2D eigenvalue weighted by Gasteiger charge is -2.11. The van der Waals surface area contributed by atoms with Crippen molar-refractivity contribution in [3.05, 3.63) is 42.9 Å². The Balaban J connectivity index is 1.69. The van der Waals surface area contributed by atoms with Crippen molar-refractivity contribution < 1.29 is 4.79 Å². The largest absolute Gasteiger partial charge is 0.309 e. The number of anilines is 3. The normalized spacial score (nSPS) is 11.7. The Morgan fingerprint density at radius 3 is 2.75 bits per heavy atom. The van der Waals surface area contributed by atoms with Gasteiger partial charge in [-0.15, -0.1) is 0 Å². The van der Waals surface area contributed by atoms with E-state index in [-0.39, 0.29) is 5.91 Å². The molecule has 1 amide bonds. The highest BCUT2D eigenvalue weighted by Crippen LogP contribution is 2.20. The molecule has 3 heterocycles. The Bertz CT molecular complexity index is 939. The zero-order chi connectivity index (χ0) is 19.9. The van der Waals surface area contributed by atoms with Crippen molar-refractivity contribution in [1.82, 2.24) is 30.2 Å². The van der Waals surface area contributed by atoms with Crippen molar-refractivity contribution in [3.8, 4) is 11.3 Å². The van der Waals surface area contributed by atoms with Gasteiger partial charge in [-0.2, -0.15) is 5.10 Å². The first-order chi connectivity index (χ1) is 13.5. The van der Waals surface area contributed by atoms with Gasteiger partial charge in [0, 0.05) is 37.5 Å². The lowest BCUT2D eigenvalue weighted by molar-refractivity contribution is -0.121. The molecular formula is C19H24N8O. The predicted octanol–water partition coefficient (Wildman–Crippen LogP) is 2.90. The number of hydrazine groups is 1. The number of carbonyl (C=O) groups is 1. The zero-order valence-corrected chi connectivity index (χ0v) is 16.2. The topological polar surface area (TPSA) is 110 Å². The molecule has 146 valence electrons. The van der Waals surface area contributed by atoms with Crippen molar-refractivity contribution in [2.75, 3.05) is 10.7 Å². The number of nitrogens with zero attached hydrogens (tertiary/aromatic N) is 5. The maximum Gasteiger partial charge on any atom is 0.238 e. The van der Waals surface area contributed by atoms with Gasteiger partial charge in [-0.25, -0.2) is 15.0 Å². The molecule has 9 nitrogen and oxygen atoms in total. The van der Waals surface area contributed by atoms with Crippen LogP contribution in [0, 0.1) is 5.92 Å². The number of pyridine rings is 1. The van der Waals surface area contributed by atoms with Gasteiger partial charge < -0.3 is 5.32 Å². The number of aryl methyl sites for hydroxylation is 1. The monoisotopic (exact) mass is 380 g/mol. The van der Waals surface area contributed by atoms with Crippen LogP contribution in [0.25, 0.3) is 11.3 Å². The summed E-state index contributed by atoms with van der Waals surface area (Å²) in [5.74, 6) is 2.07. The van der Waals surface area contributed by atoms with E-state index in [0.29, 0.717) is 24.1 Å². The average molecular weight is 380 g/mol. The van der Waals surface area contributed by atoms with E-state index >= 15 is 0 Å². The van der Waals surface area contributed by atoms with E-state index in [1.807, 2.05) is 38.2 Å². The SMILES string of the molecule is CC[C@H](C)CC(=O)NNc1cc(-c2ccnc(Nc3ccnn3C)n2)ccn1. The van der Waals surface area contributed by atoms with Crippen molar-refractivity contribution in [3.63, 3.8) is 0 Å². The quantitative estimate of drug-likeness (QED) is 0.515. The summed E-state index contributed by atoms with van der Waals surface area (Å²) < 4.78 is 1.70. The van der Waals surface area contributed by atoms with Gasteiger partial charge in [0.05, 0.1) is 11.9 Å². The highest BCUT2D eigenvalue weighted by atomic mass is 16.2. The summed E-state index contributed by atoms with van der Waals surface area (Å²) in [4.78, 5) is 24.9. The fraction of sp³-hybridized carbons (Fsp3) is 0.316. The minimum absolute atomic E-state index is 0.0637. The van der Waals surface area contributed by atoms with Crippen LogP contribution in [0.3, 0.4) is 0 Å². The molecule has 1 atom stereocenters. The van der Waals surface area contributed by atoms with Gasteiger partial charge in [-0.05, 0) is 24.1 Å². The summed E-state index contributed by atoms with van der Waals surface area (Å²) in [5.41, 5.74) is 7.13. The van der Waals surface area contributed by atoms with Gasteiger partial charge in [0.2, 0.25) is 11.9 Å². The summed E-state index contributed by atoms with van der Waals surface area (Å²) in [6.07, 6.45) is 6.47. The van der Waals surface area contributed by atoms with Crippen molar-refractivity contribution in [2.45, 2.75) is 26.7 Å². The molecule has 0 spiro atoms. The van der Waals surface area contributed by atoms with Gasteiger partial charge in [-0.3, -0.25) is 20.3 Å². The molecule has 0 radical (unpaired) electrons. The van der Waals surface area contributed by atoms with Crippen LogP contribution >= 0.6 is 0 Å². The first-order valence-corrected chi connectivity index (χ1v) is 9.14. The second-order valence-corrected chi connectivity index (χ2v) is 6.55. The molecule has 0 fully saturated rings. The van der Waals surface area contributed by atoms with Crippen LogP contribution in [0.2, 0.25) is 0 Å². The second kappa shape index (κ2) is 8.94. The van der Waals surface area contributed by atoms with Gasteiger partial charge in [0.1, 0.15) is 11.6 Å². The number of carbonyl (C=O) groups excluding carboxylic acids is 1. The highest BCUT2D eigenvalue weighted by Gasteiger charge is 2.09. The fourth-order valence-corrected chi connectivity index (χ4v) is 2.49. The number of rotatable bonds is 8.